The van der Waals surface area contributed by atoms with Crippen LogP contribution in [0.25, 0.3) is 0 Å². The third kappa shape index (κ3) is 2.58. The smallest absolute Gasteiger partial charge is 0.407 e. The summed E-state index contributed by atoms with van der Waals surface area (Å²) in [5.41, 5.74) is 0. The van der Waals surface area contributed by atoms with Gasteiger partial charge in [0.25, 0.3) is 0 Å². The Hall–Kier alpha value is -1.31. The lowest BCUT2D eigenvalue weighted by atomic mass is 10.1. The Morgan fingerprint density at radius 3 is 2.80 bits per heavy atom. The molecule has 1 fully saturated rings. The molecule has 0 bridgehead atoms. The van der Waals surface area contributed by atoms with Gasteiger partial charge < -0.3 is 10.0 Å². The Balaban J connectivity index is 1.81. The highest BCUT2D eigenvalue weighted by molar-refractivity contribution is 7.99. The number of H-pyrrole nitrogens is 1. The Labute approximate surface area is 90.2 Å². The van der Waals surface area contributed by atoms with Crippen molar-refractivity contribution >= 4 is 17.9 Å². The molecule has 0 aromatic carbocycles. The van der Waals surface area contributed by atoms with Crippen LogP contribution < -0.4 is 0 Å². The molecule has 0 radical (unpaired) electrons. The van der Waals surface area contributed by atoms with Crippen LogP contribution in [0.15, 0.2) is 5.16 Å². The van der Waals surface area contributed by atoms with E-state index in [-0.39, 0.29) is 0 Å². The molecule has 0 unspecified atom stereocenters. The van der Waals surface area contributed by atoms with Gasteiger partial charge in [0.05, 0.1) is 0 Å². The molecular formula is C7H11N5O2S. The van der Waals surface area contributed by atoms with Crippen LogP contribution in [0.5, 0.6) is 0 Å². The number of thioether (sulfide) groups is 1. The van der Waals surface area contributed by atoms with E-state index in [9.17, 15) is 4.79 Å². The van der Waals surface area contributed by atoms with Gasteiger partial charge in [-0.05, 0) is 18.1 Å². The van der Waals surface area contributed by atoms with Gasteiger partial charge in [-0.3, -0.25) is 0 Å². The first kappa shape index (κ1) is 10.2. The number of aromatic amines is 1. The topological polar surface area (TPSA) is 95.0 Å². The monoisotopic (exact) mass is 229 g/mol. The quantitative estimate of drug-likeness (QED) is 0.763. The molecule has 8 heteroatoms. The number of carbonyl (C=O) groups is 1. The molecule has 2 N–H and O–H groups in total. The van der Waals surface area contributed by atoms with Gasteiger partial charge in [-0.15, -0.1) is 10.2 Å². The number of nitrogens with one attached hydrogen (secondary N) is 1. The Morgan fingerprint density at radius 1 is 1.53 bits per heavy atom. The van der Waals surface area contributed by atoms with Gasteiger partial charge in [0.1, 0.15) is 0 Å². The minimum absolute atomic E-state index is 0.387. The molecule has 2 heterocycles. The summed E-state index contributed by atoms with van der Waals surface area (Å²) in [5, 5.41) is 23.3. The summed E-state index contributed by atoms with van der Waals surface area (Å²) in [4.78, 5) is 12.1. The molecule has 82 valence electrons. The molecule has 0 aliphatic carbocycles. The van der Waals surface area contributed by atoms with Gasteiger partial charge in [0.2, 0.25) is 5.16 Å². The van der Waals surface area contributed by atoms with Gasteiger partial charge in [0, 0.05) is 18.3 Å². The van der Waals surface area contributed by atoms with Crippen molar-refractivity contribution in [2.24, 2.45) is 0 Å². The van der Waals surface area contributed by atoms with Gasteiger partial charge >= 0.3 is 6.09 Å². The van der Waals surface area contributed by atoms with Crippen molar-refractivity contribution in [2.75, 3.05) is 13.1 Å². The Kier molecular flexibility index (Phi) is 3.05. The minimum Gasteiger partial charge on any atom is -0.465 e. The number of piperidine rings is 1. The van der Waals surface area contributed by atoms with Crippen LogP contribution in [0.1, 0.15) is 12.8 Å². The van der Waals surface area contributed by atoms with Crippen LogP contribution >= 0.6 is 11.8 Å². The molecule has 1 aliphatic heterocycles. The van der Waals surface area contributed by atoms with E-state index >= 15 is 0 Å². The number of rotatable bonds is 2. The van der Waals surface area contributed by atoms with Crippen molar-refractivity contribution in [1.29, 1.82) is 0 Å². The number of hydrogen-bond donors (Lipinski definition) is 2. The fourth-order valence-electron chi connectivity index (χ4n) is 1.52. The SMILES string of the molecule is O=C(O)N1CCC(Sc2nn[nH]n2)CC1. The zero-order valence-electron chi connectivity index (χ0n) is 7.96. The standard InChI is InChI=1S/C7H11N5O2S/c13-7(14)12-3-1-5(2-4-12)15-6-8-10-11-9-6/h5H,1-4H2,(H,13,14)(H,8,9,10,11). The molecular weight excluding hydrogens is 218 g/mol. The molecule has 7 nitrogen and oxygen atoms in total. The maximum atomic E-state index is 10.7. The molecule has 0 spiro atoms. The van der Waals surface area contributed by atoms with Gasteiger partial charge in [-0.1, -0.05) is 11.8 Å². The van der Waals surface area contributed by atoms with Crippen molar-refractivity contribution in [3.63, 3.8) is 0 Å². The summed E-state index contributed by atoms with van der Waals surface area (Å²) >= 11 is 1.55. The Bertz CT molecular complexity index is 322. The van der Waals surface area contributed by atoms with Crippen LogP contribution in [0.4, 0.5) is 4.79 Å². The summed E-state index contributed by atoms with van der Waals surface area (Å²) in [5.74, 6) is 0. The molecule has 1 amide bonds. The second kappa shape index (κ2) is 4.47. The van der Waals surface area contributed by atoms with Gasteiger partial charge in [0.15, 0.2) is 0 Å². The van der Waals surface area contributed by atoms with Crippen LogP contribution in [-0.4, -0.2) is 55.1 Å². The summed E-state index contributed by atoms with van der Waals surface area (Å²) in [7, 11) is 0. The van der Waals surface area contributed by atoms with Crippen molar-refractivity contribution < 1.29 is 9.90 Å². The second-order valence-electron chi connectivity index (χ2n) is 3.28. The second-order valence-corrected chi connectivity index (χ2v) is 4.55. The summed E-state index contributed by atoms with van der Waals surface area (Å²) in [6.45, 7) is 1.18. The molecule has 1 saturated heterocycles. The third-order valence-corrected chi connectivity index (χ3v) is 3.50. The average molecular weight is 229 g/mol. The average Bonchev–Trinajstić information content (AvgIpc) is 2.71. The Morgan fingerprint density at radius 2 is 2.27 bits per heavy atom. The number of nitrogens with zero attached hydrogens (tertiary/aromatic N) is 4. The third-order valence-electron chi connectivity index (χ3n) is 2.31. The predicted molar refractivity (Wildman–Crippen MR) is 52.7 cm³/mol. The van der Waals surface area contributed by atoms with Crippen molar-refractivity contribution in [1.82, 2.24) is 25.5 Å². The number of amides is 1. The zero-order chi connectivity index (χ0) is 10.7. The fourth-order valence-corrected chi connectivity index (χ4v) is 2.44. The highest BCUT2D eigenvalue weighted by atomic mass is 32.2. The first-order valence-electron chi connectivity index (χ1n) is 4.63. The van der Waals surface area contributed by atoms with E-state index < -0.39 is 6.09 Å². The van der Waals surface area contributed by atoms with E-state index in [0.717, 1.165) is 12.8 Å². The summed E-state index contributed by atoms with van der Waals surface area (Å²) in [6.07, 6.45) is 0.842. The van der Waals surface area contributed by atoms with Crippen LogP contribution in [0, 0.1) is 0 Å². The molecule has 1 aliphatic rings. The van der Waals surface area contributed by atoms with Gasteiger partial charge in [-0.2, -0.15) is 5.21 Å². The lowest BCUT2D eigenvalue weighted by Crippen LogP contribution is -2.38. The molecule has 1 aromatic heterocycles. The molecule has 1 aromatic rings. The van der Waals surface area contributed by atoms with E-state index in [2.05, 4.69) is 20.6 Å². The number of tetrazole rings is 1. The fraction of sp³-hybridized carbons (Fsp3) is 0.714. The number of carboxylic acid groups (broad SMARTS) is 1. The normalized spacial score (nSPS) is 18.0. The first-order valence-corrected chi connectivity index (χ1v) is 5.51. The maximum absolute atomic E-state index is 10.7. The first-order chi connectivity index (χ1) is 7.25. The van der Waals surface area contributed by atoms with E-state index in [1.54, 1.807) is 11.8 Å². The molecule has 0 atom stereocenters. The highest BCUT2D eigenvalue weighted by Gasteiger charge is 2.23. The molecule has 0 saturated carbocycles. The van der Waals surface area contributed by atoms with E-state index in [4.69, 9.17) is 5.11 Å². The van der Waals surface area contributed by atoms with Crippen LogP contribution in [-0.2, 0) is 0 Å². The number of likely N-dealkylation sites (tertiary alicyclic amines) is 1. The van der Waals surface area contributed by atoms with Crippen LogP contribution in [0.3, 0.4) is 0 Å². The maximum Gasteiger partial charge on any atom is 0.407 e. The predicted octanol–water partition coefficient (Wildman–Crippen LogP) is 0.434. The summed E-state index contributed by atoms with van der Waals surface area (Å²) in [6, 6.07) is 0. The molecule has 15 heavy (non-hydrogen) atoms. The van der Waals surface area contributed by atoms with Crippen molar-refractivity contribution in [3.8, 4) is 0 Å². The number of hydrogen-bond acceptors (Lipinski definition) is 5. The summed E-state index contributed by atoms with van der Waals surface area (Å²) < 4.78 is 0. The molecule has 2 rings (SSSR count). The minimum atomic E-state index is -0.835. The van der Waals surface area contributed by atoms with E-state index in [1.807, 2.05) is 0 Å². The lowest BCUT2D eigenvalue weighted by molar-refractivity contribution is 0.136. The van der Waals surface area contributed by atoms with Crippen LogP contribution in [0.2, 0.25) is 0 Å². The van der Waals surface area contributed by atoms with E-state index in [0.29, 0.717) is 23.5 Å². The van der Waals surface area contributed by atoms with Gasteiger partial charge in [-0.25, -0.2) is 4.79 Å². The van der Waals surface area contributed by atoms with E-state index in [1.165, 1.54) is 4.90 Å². The number of aromatic nitrogens is 4. The lowest BCUT2D eigenvalue weighted by Gasteiger charge is -2.28. The van der Waals surface area contributed by atoms with Crippen molar-refractivity contribution in [2.45, 2.75) is 23.2 Å². The largest absolute Gasteiger partial charge is 0.465 e. The zero-order valence-corrected chi connectivity index (χ0v) is 8.77. The highest BCUT2D eigenvalue weighted by Crippen LogP contribution is 2.27. The van der Waals surface area contributed by atoms with Crippen molar-refractivity contribution in [3.05, 3.63) is 0 Å².